The van der Waals surface area contributed by atoms with Gasteiger partial charge in [-0.05, 0) is 75.0 Å². The Balaban J connectivity index is 1.66. The summed E-state index contributed by atoms with van der Waals surface area (Å²) in [7, 11) is 2.61. The van der Waals surface area contributed by atoms with E-state index in [4.69, 9.17) is 9.47 Å². The second-order valence-corrected chi connectivity index (χ2v) is 9.94. The van der Waals surface area contributed by atoms with Gasteiger partial charge in [-0.25, -0.2) is 9.59 Å². The third-order valence-corrected chi connectivity index (χ3v) is 7.24. The summed E-state index contributed by atoms with van der Waals surface area (Å²) in [6.07, 6.45) is 6.79. The number of hydrogen-bond donors (Lipinski definition) is 2. The van der Waals surface area contributed by atoms with Gasteiger partial charge in [-0.1, -0.05) is 0 Å². The molecule has 0 aliphatic heterocycles. The summed E-state index contributed by atoms with van der Waals surface area (Å²) >= 11 is 0. The lowest BCUT2D eigenvalue weighted by molar-refractivity contribution is -0.152. The third-order valence-electron chi connectivity index (χ3n) is 7.24. The lowest BCUT2D eigenvalue weighted by Gasteiger charge is -2.62. The van der Waals surface area contributed by atoms with E-state index in [1.165, 1.54) is 20.6 Å². The Kier molecular flexibility index (Phi) is 6.43. The van der Waals surface area contributed by atoms with E-state index < -0.39 is 24.0 Å². The van der Waals surface area contributed by atoms with Crippen LogP contribution >= 0.6 is 0 Å². The van der Waals surface area contributed by atoms with Crippen molar-refractivity contribution in [3.63, 3.8) is 0 Å². The number of carbonyl (C=O) groups excluding carboxylic acids is 4. The number of amides is 2. The summed E-state index contributed by atoms with van der Waals surface area (Å²) < 4.78 is 9.38. The van der Waals surface area contributed by atoms with E-state index in [0.717, 1.165) is 32.1 Å². The number of methoxy groups -OCH3 is 2. The summed E-state index contributed by atoms with van der Waals surface area (Å²) in [4.78, 5) is 48.6. The second-order valence-electron chi connectivity index (χ2n) is 9.94. The fraction of sp³-hybridized carbons (Fsp3) is 0.818. The molecule has 4 bridgehead atoms. The molecule has 4 rings (SSSR count). The van der Waals surface area contributed by atoms with Crippen LogP contribution in [0.4, 0.5) is 0 Å². The van der Waals surface area contributed by atoms with Crippen LogP contribution in [0.1, 0.15) is 65.2 Å². The van der Waals surface area contributed by atoms with Crippen LogP contribution in [-0.2, 0) is 28.7 Å². The Morgan fingerprint density at radius 1 is 0.800 bits per heavy atom. The molecule has 0 aromatic carbocycles. The first-order chi connectivity index (χ1) is 14.1. The Morgan fingerprint density at radius 2 is 1.17 bits per heavy atom. The molecule has 8 heteroatoms. The first-order valence-electron chi connectivity index (χ1n) is 10.8. The van der Waals surface area contributed by atoms with Crippen LogP contribution in [0.2, 0.25) is 0 Å². The predicted octanol–water partition coefficient (Wildman–Crippen LogP) is 1.71. The van der Waals surface area contributed by atoms with Crippen LogP contribution in [0.15, 0.2) is 0 Å². The lowest BCUT2D eigenvalue weighted by atomic mass is 9.43. The minimum absolute atomic E-state index is 0.113. The Hall–Kier alpha value is -2.12. The molecule has 8 nitrogen and oxygen atoms in total. The lowest BCUT2D eigenvalue weighted by Crippen LogP contribution is -2.55. The number of carbonyl (C=O) groups is 4. The highest BCUT2D eigenvalue weighted by molar-refractivity contribution is 5.85. The first kappa shape index (κ1) is 22.6. The van der Waals surface area contributed by atoms with Crippen LogP contribution in [0.5, 0.6) is 0 Å². The fourth-order valence-corrected chi connectivity index (χ4v) is 6.80. The van der Waals surface area contributed by atoms with Crippen molar-refractivity contribution in [2.24, 2.45) is 22.7 Å². The summed E-state index contributed by atoms with van der Waals surface area (Å²) in [6, 6.07) is -1.34. The largest absolute Gasteiger partial charge is 0.467 e. The molecule has 0 aromatic rings. The van der Waals surface area contributed by atoms with E-state index in [-0.39, 0.29) is 22.6 Å². The molecule has 4 fully saturated rings. The normalized spacial score (nSPS) is 33.3. The van der Waals surface area contributed by atoms with Gasteiger partial charge in [0.1, 0.15) is 12.1 Å². The van der Waals surface area contributed by atoms with Crippen molar-refractivity contribution in [3.8, 4) is 0 Å². The summed E-state index contributed by atoms with van der Waals surface area (Å²) in [5.41, 5.74) is -0.226. The molecule has 2 amide bonds. The molecule has 4 aliphatic carbocycles. The third kappa shape index (κ3) is 4.78. The molecule has 0 radical (unpaired) electrons. The molecule has 30 heavy (non-hydrogen) atoms. The van der Waals surface area contributed by atoms with Gasteiger partial charge in [0, 0.05) is 12.8 Å². The maximum absolute atomic E-state index is 12.7. The smallest absolute Gasteiger partial charge is 0.328 e. The second kappa shape index (κ2) is 8.55. The van der Waals surface area contributed by atoms with E-state index in [9.17, 15) is 19.2 Å². The van der Waals surface area contributed by atoms with Crippen molar-refractivity contribution in [1.29, 1.82) is 0 Å². The summed E-state index contributed by atoms with van der Waals surface area (Å²) in [5, 5.41) is 5.52. The van der Waals surface area contributed by atoms with Crippen molar-refractivity contribution in [3.05, 3.63) is 0 Å². The number of rotatable bonds is 8. The predicted molar refractivity (Wildman–Crippen MR) is 108 cm³/mol. The van der Waals surface area contributed by atoms with Gasteiger partial charge in [-0.15, -0.1) is 0 Å². The molecule has 4 saturated carbocycles. The molecule has 2 N–H and O–H groups in total. The minimum Gasteiger partial charge on any atom is -0.467 e. The Bertz CT molecular complexity index is 650. The van der Waals surface area contributed by atoms with Gasteiger partial charge in [0.2, 0.25) is 11.8 Å². The number of ether oxygens (including phenoxy) is 2. The van der Waals surface area contributed by atoms with Crippen molar-refractivity contribution in [2.75, 3.05) is 14.2 Å². The van der Waals surface area contributed by atoms with Gasteiger partial charge in [0.25, 0.3) is 0 Å². The van der Waals surface area contributed by atoms with Crippen LogP contribution < -0.4 is 10.6 Å². The molecule has 168 valence electrons. The van der Waals surface area contributed by atoms with E-state index >= 15 is 0 Å². The zero-order valence-electron chi connectivity index (χ0n) is 18.4. The van der Waals surface area contributed by atoms with Crippen molar-refractivity contribution in [1.82, 2.24) is 10.6 Å². The minimum atomic E-state index is -0.670. The average molecular weight is 423 g/mol. The Labute approximate surface area is 177 Å². The molecule has 0 aromatic heterocycles. The molecule has 2 atom stereocenters. The van der Waals surface area contributed by atoms with E-state index in [1.54, 1.807) is 13.8 Å². The summed E-state index contributed by atoms with van der Waals surface area (Å²) in [5.74, 6) is -0.114. The summed E-state index contributed by atoms with van der Waals surface area (Å²) in [6.45, 7) is 3.25. The highest BCUT2D eigenvalue weighted by Crippen LogP contribution is 2.67. The molecule has 4 aliphatic rings. The standard InChI is InChI=1S/C22H34N2O6/c1-13(19(27)29-3)23-17(25)10-21-6-15-5-16(7-21)9-22(8-15,12-21)11-18(26)24-14(2)20(28)30-4/h13-16H,5-12H2,1-4H3,(H,23,25)(H,24,26)/t13-,14-,15?,16?,21?,22?/m0/s1. The number of hydrogen-bond acceptors (Lipinski definition) is 6. The van der Waals surface area contributed by atoms with Gasteiger partial charge in [0.05, 0.1) is 14.2 Å². The fourth-order valence-electron chi connectivity index (χ4n) is 6.80. The van der Waals surface area contributed by atoms with Crippen LogP contribution in [0.3, 0.4) is 0 Å². The van der Waals surface area contributed by atoms with Crippen molar-refractivity contribution < 1.29 is 28.7 Å². The van der Waals surface area contributed by atoms with Gasteiger partial charge in [-0.3, -0.25) is 9.59 Å². The highest BCUT2D eigenvalue weighted by Gasteiger charge is 2.58. The molecule has 0 saturated heterocycles. The topological polar surface area (TPSA) is 111 Å². The van der Waals surface area contributed by atoms with Crippen molar-refractivity contribution >= 4 is 23.8 Å². The quantitative estimate of drug-likeness (QED) is 0.576. The van der Waals surface area contributed by atoms with Crippen LogP contribution in [0.25, 0.3) is 0 Å². The van der Waals surface area contributed by atoms with Gasteiger partial charge < -0.3 is 20.1 Å². The van der Waals surface area contributed by atoms with Crippen LogP contribution in [0, 0.1) is 22.7 Å². The zero-order chi connectivity index (χ0) is 22.1. The van der Waals surface area contributed by atoms with Gasteiger partial charge >= 0.3 is 11.9 Å². The first-order valence-corrected chi connectivity index (χ1v) is 10.8. The Morgan fingerprint density at radius 3 is 1.50 bits per heavy atom. The maximum atomic E-state index is 12.7. The molecular formula is C22H34N2O6. The SMILES string of the molecule is COC(=O)[C@H](C)NC(=O)CC12CC3CC(C1)CC(CC(=O)N[C@@H](C)C(=O)OC)(C3)C2. The molecule has 0 spiro atoms. The molecule has 0 heterocycles. The van der Waals surface area contributed by atoms with Gasteiger partial charge in [-0.2, -0.15) is 0 Å². The van der Waals surface area contributed by atoms with Crippen molar-refractivity contribution in [2.45, 2.75) is 77.3 Å². The van der Waals surface area contributed by atoms with E-state index in [1.807, 2.05) is 0 Å². The monoisotopic (exact) mass is 422 g/mol. The van der Waals surface area contributed by atoms with E-state index in [0.29, 0.717) is 24.7 Å². The average Bonchev–Trinajstić information content (AvgIpc) is 2.64. The van der Waals surface area contributed by atoms with E-state index in [2.05, 4.69) is 10.6 Å². The molecular weight excluding hydrogens is 388 g/mol. The highest BCUT2D eigenvalue weighted by atomic mass is 16.5. The number of esters is 2. The maximum Gasteiger partial charge on any atom is 0.328 e. The zero-order valence-corrected chi connectivity index (χ0v) is 18.4. The van der Waals surface area contributed by atoms with Crippen LogP contribution in [-0.4, -0.2) is 50.1 Å². The van der Waals surface area contributed by atoms with Gasteiger partial charge in [0.15, 0.2) is 0 Å². The number of nitrogens with one attached hydrogen (secondary N) is 2. The molecule has 0 unspecified atom stereocenters.